The molecular weight excluding hydrogens is 228 g/mol. The highest BCUT2D eigenvalue weighted by Crippen LogP contribution is 2.22. The van der Waals surface area contributed by atoms with Crippen LogP contribution in [0.4, 0.5) is 8.78 Å². The van der Waals surface area contributed by atoms with Crippen molar-refractivity contribution in [2.24, 2.45) is 0 Å². The van der Waals surface area contributed by atoms with E-state index in [1.165, 1.54) is 10.6 Å². The molecule has 6 heteroatoms. The first kappa shape index (κ1) is 10.5. The molecule has 2 N–H and O–H groups in total. The van der Waals surface area contributed by atoms with Crippen molar-refractivity contribution in [1.82, 2.24) is 14.9 Å². The number of hydrogen-bond donors (Lipinski definition) is 2. The number of rotatable bonds is 1. The van der Waals surface area contributed by atoms with Gasteiger partial charge in [0.2, 0.25) is 0 Å². The van der Waals surface area contributed by atoms with Crippen LogP contribution in [0, 0.1) is 11.6 Å². The minimum atomic E-state index is -0.734. The number of benzene rings is 1. The molecule has 0 bridgehead atoms. The summed E-state index contributed by atoms with van der Waals surface area (Å²) in [5.74, 6) is -1.41. The van der Waals surface area contributed by atoms with Crippen LogP contribution in [0.2, 0.25) is 0 Å². The molecule has 1 aliphatic heterocycles. The smallest absolute Gasteiger partial charge is 0.315 e. The van der Waals surface area contributed by atoms with Crippen molar-refractivity contribution in [1.29, 1.82) is 0 Å². The zero-order valence-electron chi connectivity index (χ0n) is 8.96. The van der Waals surface area contributed by atoms with Crippen molar-refractivity contribution in [2.45, 2.75) is 12.5 Å². The molecule has 1 unspecified atom stereocenters. The van der Waals surface area contributed by atoms with Crippen LogP contribution in [-0.4, -0.2) is 22.6 Å². The summed E-state index contributed by atoms with van der Waals surface area (Å²) in [5, 5.41) is 3.12. The largest absolute Gasteiger partial charge is 0.326 e. The standard InChI is InChI=1S/C11H11F2N3O/c12-6-3-8(13)10-9(4-6)16(11(17)15-10)7-1-2-14-5-7/h3-4,7,14H,1-2,5H2,(H,15,17). The van der Waals surface area contributed by atoms with E-state index in [0.29, 0.717) is 12.1 Å². The Balaban J connectivity index is 2.29. The summed E-state index contributed by atoms with van der Waals surface area (Å²) >= 11 is 0. The zero-order valence-corrected chi connectivity index (χ0v) is 8.96. The van der Waals surface area contributed by atoms with Gasteiger partial charge in [-0.05, 0) is 13.0 Å². The van der Waals surface area contributed by atoms with Gasteiger partial charge in [0.1, 0.15) is 11.3 Å². The summed E-state index contributed by atoms with van der Waals surface area (Å²) < 4.78 is 28.1. The van der Waals surface area contributed by atoms with Crippen LogP contribution < -0.4 is 11.0 Å². The van der Waals surface area contributed by atoms with Gasteiger partial charge < -0.3 is 10.3 Å². The molecule has 0 amide bonds. The lowest BCUT2D eigenvalue weighted by Crippen LogP contribution is -2.23. The van der Waals surface area contributed by atoms with Gasteiger partial charge in [-0.2, -0.15) is 0 Å². The lowest BCUT2D eigenvalue weighted by atomic mass is 10.2. The molecule has 0 saturated carbocycles. The molecule has 2 aromatic rings. The molecule has 1 atom stereocenters. The van der Waals surface area contributed by atoms with E-state index >= 15 is 0 Å². The Kier molecular flexibility index (Phi) is 2.25. The lowest BCUT2D eigenvalue weighted by Gasteiger charge is -2.10. The highest BCUT2D eigenvalue weighted by atomic mass is 19.1. The minimum absolute atomic E-state index is 0.0440. The van der Waals surface area contributed by atoms with E-state index < -0.39 is 17.3 Å². The fourth-order valence-corrected chi connectivity index (χ4v) is 2.37. The van der Waals surface area contributed by atoms with E-state index in [4.69, 9.17) is 0 Å². The molecule has 0 radical (unpaired) electrons. The second-order valence-electron chi connectivity index (χ2n) is 4.23. The van der Waals surface area contributed by atoms with Gasteiger partial charge in [0.25, 0.3) is 0 Å². The molecule has 1 saturated heterocycles. The third kappa shape index (κ3) is 1.56. The SMILES string of the molecule is O=c1[nH]c2c(F)cc(F)cc2n1C1CCNC1. The van der Waals surface area contributed by atoms with Crippen LogP contribution in [0.3, 0.4) is 0 Å². The Labute approximate surface area is 95.2 Å². The van der Waals surface area contributed by atoms with Gasteiger partial charge in [-0.15, -0.1) is 0 Å². The van der Waals surface area contributed by atoms with Crippen molar-refractivity contribution in [3.8, 4) is 0 Å². The van der Waals surface area contributed by atoms with Gasteiger partial charge in [0, 0.05) is 18.7 Å². The number of hydrogen-bond acceptors (Lipinski definition) is 2. The Morgan fingerprint density at radius 3 is 2.88 bits per heavy atom. The number of aromatic amines is 1. The molecule has 1 fully saturated rings. The van der Waals surface area contributed by atoms with E-state index in [0.717, 1.165) is 19.0 Å². The van der Waals surface area contributed by atoms with Gasteiger partial charge in [0.05, 0.1) is 11.6 Å². The van der Waals surface area contributed by atoms with Crippen molar-refractivity contribution in [3.63, 3.8) is 0 Å². The third-order valence-electron chi connectivity index (χ3n) is 3.14. The summed E-state index contributed by atoms with van der Waals surface area (Å²) in [6.07, 6.45) is 0.783. The first-order chi connectivity index (χ1) is 8.16. The molecular formula is C11H11F2N3O. The van der Waals surface area contributed by atoms with Crippen molar-refractivity contribution in [2.75, 3.05) is 13.1 Å². The van der Waals surface area contributed by atoms with E-state index in [9.17, 15) is 13.6 Å². The van der Waals surface area contributed by atoms with E-state index in [1.54, 1.807) is 0 Å². The summed E-state index contributed by atoms with van der Waals surface area (Å²) in [5.41, 5.74) is -0.0253. The molecule has 4 nitrogen and oxygen atoms in total. The summed E-state index contributed by atoms with van der Waals surface area (Å²) in [7, 11) is 0. The number of H-pyrrole nitrogens is 1. The molecule has 3 rings (SSSR count). The predicted octanol–water partition coefficient (Wildman–Crippen LogP) is 1.14. The number of aromatic nitrogens is 2. The minimum Gasteiger partial charge on any atom is -0.315 e. The predicted molar refractivity (Wildman–Crippen MR) is 59.0 cm³/mol. The third-order valence-corrected chi connectivity index (χ3v) is 3.14. The number of imidazole rings is 1. The number of nitrogens with one attached hydrogen (secondary N) is 2. The maximum atomic E-state index is 13.5. The van der Waals surface area contributed by atoms with Crippen LogP contribution in [0.15, 0.2) is 16.9 Å². The van der Waals surface area contributed by atoms with Crippen LogP contribution >= 0.6 is 0 Å². The molecule has 0 aliphatic carbocycles. The Morgan fingerprint density at radius 2 is 2.18 bits per heavy atom. The lowest BCUT2D eigenvalue weighted by molar-refractivity contribution is 0.543. The normalized spacial score (nSPS) is 20.2. The summed E-state index contributed by atoms with van der Waals surface area (Å²) in [6, 6.07) is 1.92. The summed E-state index contributed by atoms with van der Waals surface area (Å²) in [4.78, 5) is 14.2. The molecule has 17 heavy (non-hydrogen) atoms. The molecule has 2 heterocycles. The first-order valence-electron chi connectivity index (χ1n) is 5.47. The van der Waals surface area contributed by atoms with E-state index in [2.05, 4.69) is 10.3 Å². The van der Waals surface area contributed by atoms with Crippen LogP contribution in [0.25, 0.3) is 11.0 Å². The van der Waals surface area contributed by atoms with Gasteiger partial charge in [0.15, 0.2) is 5.82 Å². The zero-order chi connectivity index (χ0) is 12.0. The highest BCUT2D eigenvalue weighted by Gasteiger charge is 2.22. The monoisotopic (exact) mass is 239 g/mol. The molecule has 1 aromatic heterocycles. The Bertz CT molecular complexity index is 625. The van der Waals surface area contributed by atoms with Gasteiger partial charge in [-0.3, -0.25) is 4.57 Å². The number of nitrogens with zero attached hydrogens (tertiary/aromatic N) is 1. The average Bonchev–Trinajstić information content (AvgIpc) is 2.84. The van der Waals surface area contributed by atoms with Crippen molar-refractivity contribution in [3.05, 3.63) is 34.3 Å². The van der Waals surface area contributed by atoms with Gasteiger partial charge in [-0.25, -0.2) is 13.6 Å². The quantitative estimate of drug-likeness (QED) is 0.784. The highest BCUT2D eigenvalue weighted by molar-refractivity contribution is 5.76. The first-order valence-corrected chi connectivity index (χ1v) is 5.47. The fraction of sp³-hybridized carbons (Fsp3) is 0.364. The maximum Gasteiger partial charge on any atom is 0.326 e. The molecule has 90 valence electrons. The van der Waals surface area contributed by atoms with Crippen LogP contribution in [-0.2, 0) is 0 Å². The maximum absolute atomic E-state index is 13.5. The fourth-order valence-electron chi connectivity index (χ4n) is 2.37. The molecule has 1 aliphatic rings. The Hall–Kier alpha value is -1.69. The van der Waals surface area contributed by atoms with Crippen LogP contribution in [0.1, 0.15) is 12.5 Å². The van der Waals surface area contributed by atoms with Gasteiger partial charge >= 0.3 is 5.69 Å². The number of halogens is 2. The van der Waals surface area contributed by atoms with Crippen LogP contribution in [0.5, 0.6) is 0 Å². The second kappa shape index (κ2) is 3.66. The topological polar surface area (TPSA) is 49.8 Å². The van der Waals surface area contributed by atoms with Crippen molar-refractivity contribution >= 4 is 11.0 Å². The Morgan fingerprint density at radius 1 is 1.35 bits per heavy atom. The average molecular weight is 239 g/mol. The van der Waals surface area contributed by atoms with E-state index in [-0.39, 0.29) is 11.6 Å². The number of fused-ring (bicyclic) bond motifs is 1. The molecule has 0 spiro atoms. The van der Waals surface area contributed by atoms with E-state index in [1.807, 2.05) is 0 Å². The van der Waals surface area contributed by atoms with Gasteiger partial charge in [-0.1, -0.05) is 0 Å². The summed E-state index contributed by atoms with van der Waals surface area (Å²) in [6.45, 7) is 1.45. The molecule has 1 aromatic carbocycles. The second-order valence-corrected chi connectivity index (χ2v) is 4.23. The van der Waals surface area contributed by atoms with Crippen molar-refractivity contribution < 1.29 is 8.78 Å².